The second-order valence-corrected chi connectivity index (χ2v) is 6.77. The van der Waals surface area contributed by atoms with E-state index < -0.39 is 29.4 Å². The van der Waals surface area contributed by atoms with Gasteiger partial charge in [0.15, 0.2) is 5.82 Å². The maximum Gasteiger partial charge on any atom is 0.416 e. The van der Waals surface area contributed by atoms with Crippen molar-refractivity contribution in [2.45, 2.75) is 25.5 Å². The smallest absolute Gasteiger partial charge is 0.416 e. The molecule has 0 fully saturated rings. The fraction of sp³-hybridized carbons (Fsp3) is 0.227. The van der Waals surface area contributed by atoms with E-state index >= 15 is 0 Å². The topological polar surface area (TPSA) is 97.4 Å². The molecule has 1 heterocycles. The number of carbonyl (C=O) groups is 1. The van der Waals surface area contributed by atoms with Crippen molar-refractivity contribution in [1.82, 2.24) is 9.97 Å². The average Bonchev–Trinajstić information content (AvgIpc) is 2.78. The minimum atomic E-state index is -4.80. The van der Waals surface area contributed by atoms with E-state index in [-0.39, 0.29) is 36.2 Å². The highest BCUT2D eigenvalue weighted by Crippen LogP contribution is 2.36. The number of aromatic carboxylic acids is 1. The minimum absolute atomic E-state index is 0.0217. The third kappa shape index (κ3) is 7.25. The maximum atomic E-state index is 12.4. The van der Waals surface area contributed by atoms with E-state index in [1.807, 2.05) is 6.07 Å². The lowest BCUT2D eigenvalue weighted by Gasteiger charge is -2.17. The Balaban J connectivity index is 0.000000240. The number of benzene rings is 2. The van der Waals surface area contributed by atoms with E-state index in [1.54, 1.807) is 24.3 Å². The summed E-state index contributed by atoms with van der Waals surface area (Å²) in [6, 6.07) is 10.4. The summed E-state index contributed by atoms with van der Waals surface area (Å²) < 4.78 is 74.3. The molecule has 182 valence electrons. The van der Waals surface area contributed by atoms with Gasteiger partial charge in [0.2, 0.25) is 0 Å². The van der Waals surface area contributed by atoms with Gasteiger partial charge in [-0.25, -0.2) is 14.8 Å². The van der Waals surface area contributed by atoms with Gasteiger partial charge in [-0.15, -0.1) is 6.54 Å². The van der Waals surface area contributed by atoms with Crippen LogP contribution in [0.25, 0.3) is 16.6 Å². The first-order chi connectivity index (χ1) is 15.9. The molecule has 0 saturated heterocycles. The lowest BCUT2D eigenvalue weighted by atomic mass is 10.0. The van der Waals surface area contributed by atoms with Crippen molar-refractivity contribution in [2.75, 3.05) is 7.05 Å². The van der Waals surface area contributed by atoms with Gasteiger partial charge < -0.3 is 15.5 Å². The molecule has 1 aromatic heterocycles. The highest BCUT2D eigenvalue weighted by molar-refractivity contribution is 5.94. The molecule has 12 heteroatoms. The first-order valence-corrected chi connectivity index (χ1v) is 9.46. The van der Waals surface area contributed by atoms with Crippen molar-refractivity contribution in [2.24, 2.45) is 0 Å². The summed E-state index contributed by atoms with van der Waals surface area (Å²) >= 11 is 0. The highest BCUT2D eigenvalue weighted by atomic mass is 19.4. The van der Waals surface area contributed by atoms with E-state index in [2.05, 4.69) is 15.3 Å². The molecule has 0 spiro atoms. The van der Waals surface area contributed by atoms with Gasteiger partial charge in [0, 0.05) is 11.8 Å². The summed E-state index contributed by atoms with van der Waals surface area (Å²) in [4.78, 5) is 18.9. The molecule has 2 N–H and O–H groups in total. The molecule has 0 aliphatic heterocycles. The van der Waals surface area contributed by atoms with Crippen LogP contribution in [-0.4, -0.2) is 33.2 Å². The summed E-state index contributed by atoms with van der Waals surface area (Å²) in [6.45, 7) is -0.507. The van der Waals surface area contributed by atoms with Gasteiger partial charge in [-0.05, 0) is 18.2 Å². The van der Waals surface area contributed by atoms with Crippen LogP contribution in [0.3, 0.4) is 0 Å². The Morgan fingerprint density at radius 1 is 0.971 bits per heavy atom. The SMILES string of the molecule is C[N-]Cc1cc(C(F)(F)F)cc(C(F)(F)F)c1.O=C(O)c1cnc(CO)nc1-c1ccccc1. The number of alkyl halides is 6. The fourth-order valence-electron chi connectivity index (χ4n) is 2.76. The van der Waals surface area contributed by atoms with Gasteiger partial charge in [0.05, 0.1) is 16.8 Å². The van der Waals surface area contributed by atoms with Crippen LogP contribution in [-0.2, 0) is 25.5 Å². The summed E-state index contributed by atoms with van der Waals surface area (Å²) in [7, 11) is 1.31. The molecular formula is C22H18F6N3O3-. The van der Waals surface area contributed by atoms with Crippen LogP contribution in [0, 0.1) is 0 Å². The van der Waals surface area contributed by atoms with E-state index in [9.17, 15) is 31.1 Å². The Morgan fingerprint density at radius 3 is 1.97 bits per heavy atom. The Kier molecular flexibility index (Phi) is 8.71. The number of rotatable bonds is 5. The summed E-state index contributed by atoms with van der Waals surface area (Å²) in [5.41, 5.74) is -1.72. The molecular weight excluding hydrogens is 468 g/mol. The monoisotopic (exact) mass is 486 g/mol. The molecule has 0 aliphatic rings. The molecule has 0 saturated carbocycles. The predicted octanol–water partition coefficient (Wildman–Crippen LogP) is 5.56. The Hall–Kier alpha value is -3.51. The Labute approximate surface area is 189 Å². The zero-order valence-electron chi connectivity index (χ0n) is 17.5. The molecule has 0 unspecified atom stereocenters. The molecule has 34 heavy (non-hydrogen) atoms. The van der Waals surface area contributed by atoms with Crippen molar-refractivity contribution in [1.29, 1.82) is 0 Å². The number of aliphatic hydroxyl groups excluding tert-OH is 1. The van der Waals surface area contributed by atoms with Gasteiger partial charge in [0.25, 0.3) is 0 Å². The van der Waals surface area contributed by atoms with Crippen LogP contribution in [0.15, 0.2) is 54.7 Å². The molecule has 3 rings (SSSR count). The van der Waals surface area contributed by atoms with Crippen LogP contribution in [0.2, 0.25) is 0 Å². The van der Waals surface area contributed by atoms with Gasteiger partial charge in [-0.3, -0.25) is 0 Å². The lowest BCUT2D eigenvalue weighted by Crippen LogP contribution is -2.11. The Bertz CT molecular complexity index is 1090. The summed E-state index contributed by atoms with van der Waals surface area (Å²) in [5.74, 6) is -0.887. The van der Waals surface area contributed by atoms with Crippen LogP contribution in [0.5, 0.6) is 0 Å². The molecule has 6 nitrogen and oxygen atoms in total. The predicted molar refractivity (Wildman–Crippen MR) is 110 cm³/mol. The molecule has 0 bridgehead atoms. The van der Waals surface area contributed by atoms with Gasteiger partial charge >= 0.3 is 18.3 Å². The summed E-state index contributed by atoms with van der Waals surface area (Å²) in [6.07, 6.45) is -8.39. The molecule has 0 amide bonds. The van der Waals surface area contributed by atoms with Crippen LogP contribution < -0.4 is 0 Å². The number of hydrogen-bond donors (Lipinski definition) is 2. The standard InChI is InChI=1S/C12H10N2O3.C10H8F6N/c15-7-10-13-6-9(12(16)17)11(14-10)8-4-2-1-3-5-8;1-17-5-6-2-7(9(11,12)13)4-8(3-6)10(14,15)16/h1-6,15H,7H2,(H,16,17);2-4H,5H2,1H3/q;-1. The number of aromatic nitrogens is 2. The largest absolute Gasteiger partial charge is 0.661 e. The van der Waals surface area contributed by atoms with Crippen molar-refractivity contribution in [3.8, 4) is 11.3 Å². The molecule has 0 aliphatic carbocycles. The van der Waals surface area contributed by atoms with Gasteiger partial charge in [-0.1, -0.05) is 35.9 Å². The van der Waals surface area contributed by atoms with Crippen LogP contribution in [0.1, 0.15) is 32.9 Å². The lowest BCUT2D eigenvalue weighted by molar-refractivity contribution is -0.143. The fourth-order valence-corrected chi connectivity index (χ4v) is 2.76. The van der Waals surface area contributed by atoms with E-state index in [4.69, 9.17) is 10.2 Å². The van der Waals surface area contributed by atoms with E-state index in [0.717, 1.165) is 0 Å². The first-order valence-electron chi connectivity index (χ1n) is 9.46. The van der Waals surface area contributed by atoms with Crippen molar-refractivity contribution < 1.29 is 41.4 Å². The zero-order valence-corrected chi connectivity index (χ0v) is 17.5. The second-order valence-electron chi connectivity index (χ2n) is 6.77. The third-order valence-electron chi connectivity index (χ3n) is 4.25. The number of halogens is 6. The second kappa shape index (κ2) is 11.1. The average molecular weight is 486 g/mol. The first kappa shape index (κ1) is 26.7. The highest BCUT2D eigenvalue weighted by Gasteiger charge is 2.36. The van der Waals surface area contributed by atoms with Crippen molar-refractivity contribution in [3.63, 3.8) is 0 Å². The number of carboxylic acids is 1. The maximum absolute atomic E-state index is 12.4. The molecule has 3 aromatic rings. The number of hydrogen-bond acceptors (Lipinski definition) is 4. The molecule has 0 atom stereocenters. The van der Waals surface area contributed by atoms with Crippen molar-refractivity contribution >= 4 is 5.97 Å². The minimum Gasteiger partial charge on any atom is -0.661 e. The molecule has 2 aromatic carbocycles. The van der Waals surface area contributed by atoms with E-state index in [0.29, 0.717) is 23.4 Å². The summed E-state index contributed by atoms with van der Waals surface area (Å²) in [5, 5.41) is 21.5. The zero-order chi connectivity index (χ0) is 25.5. The van der Waals surface area contributed by atoms with Crippen LogP contribution >= 0.6 is 0 Å². The molecule has 0 radical (unpaired) electrons. The normalized spacial score (nSPS) is 11.5. The number of aliphatic hydroxyl groups is 1. The van der Waals surface area contributed by atoms with E-state index in [1.165, 1.54) is 13.2 Å². The third-order valence-corrected chi connectivity index (χ3v) is 4.25. The quantitative estimate of drug-likeness (QED) is 0.460. The van der Waals surface area contributed by atoms with Gasteiger partial charge in [0.1, 0.15) is 12.2 Å². The van der Waals surface area contributed by atoms with Gasteiger partial charge in [-0.2, -0.15) is 33.4 Å². The number of carboxylic acid groups (broad SMARTS) is 1. The Morgan fingerprint density at radius 2 is 1.53 bits per heavy atom. The van der Waals surface area contributed by atoms with Crippen molar-refractivity contribution in [3.05, 3.63) is 88.1 Å². The van der Waals surface area contributed by atoms with Crippen LogP contribution in [0.4, 0.5) is 26.3 Å². The number of nitrogens with zero attached hydrogens (tertiary/aromatic N) is 3.